The van der Waals surface area contributed by atoms with Gasteiger partial charge in [-0.1, -0.05) is 97.1 Å². The van der Waals surface area contributed by atoms with Gasteiger partial charge in [0.05, 0.1) is 13.2 Å². The molecule has 0 saturated carbocycles. The van der Waals surface area contributed by atoms with Crippen LogP contribution in [0.1, 0.15) is 11.1 Å². The lowest BCUT2D eigenvalue weighted by Gasteiger charge is -2.20. The van der Waals surface area contributed by atoms with Gasteiger partial charge in [-0.25, -0.2) is 0 Å². The summed E-state index contributed by atoms with van der Waals surface area (Å²) < 4.78 is 11.9. The number of hydrogen-bond donors (Lipinski definition) is 2. The van der Waals surface area contributed by atoms with Crippen molar-refractivity contribution in [2.75, 3.05) is 26.4 Å². The summed E-state index contributed by atoms with van der Waals surface area (Å²) in [6.45, 7) is 0.441. The molecule has 0 unspecified atom stereocenters. The largest absolute Gasteiger partial charge is 0.491 e. The molecular weight excluding hydrogens is 508 g/mol. The molecule has 0 saturated heterocycles. The fourth-order valence-corrected chi connectivity index (χ4v) is 6.32. The molecule has 0 fully saturated rings. The van der Waals surface area contributed by atoms with Crippen molar-refractivity contribution in [1.82, 2.24) is 0 Å². The maximum Gasteiger partial charge on any atom is 0.127 e. The van der Waals surface area contributed by atoms with Gasteiger partial charge < -0.3 is 19.7 Å². The lowest BCUT2D eigenvalue weighted by Crippen LogP contribution is -2.02. The summed E-state index contributed by atoms with van der Waals surface area (Å²) in [4.78, 5) is 0. The van der Waals surface area contributed by atoms with E-state index in [4.69, 9.17) is 9.47 Å². The number of aliphatic hydroxyl groups excluding tert-OH is 2. The van der Waals surface area contributed by atoms with Crippen LogP contribution in [0.2, 0.25) is 0 Å². The zero-order chi connectivity index (χ0) is 27.8. The first-order chi connectivity index (χ1) is 20.3. The smallest absolute Gasteiger partial charge is 0.127 e. The number of hydrogen-bond acceptors (Lipinski definition) is 4. The molecular formula is C37H30O4. The maximum absolute atomic E-state index is 9.39. The molecule has 0 heterocycles. The van der Waals surface area contributed by atoms with Crippen LogP contribution >= 0.6 is 0 Å². The molecule has 0 aliphatic heterocycles. The molecule has 4 nitrogen and oxygen atoms in total. The average Bonchev–Trinajstić information content (AvgIpc) is 3.40. The van der Waals surface area contributed by atoms with Gasteiger partial charge in [-0.15, -0.1) is 0 Å². The summed E-state index contributed by atoms with van der Waals surface area (Å²) in [6, 6.07) is 38.2. The summed E-state index contributed by atoms with van der Waals surface area (Å²) in [5.41, 5.74) is 9.90. The number of fused-ring (bicyclic) bond motifs is 5. The van der Waals surface area contributed by atoms with Crippen molar-refractivity contribution in [2.45, 2.75) is 6.42 Å². The number of ether oxygens (including phenoxy) is 2. The Morgan fingerprint density at radius 1 is 0.463 bits per heavy atom. The highest BCUT2D eigenvalue weighted by atomic mass is 16.5. The Labute approximate surface area is 239 Å². The highest BCUT2D eigenvalue weighted by Crippen LogP contribution is 2.49. The number of benzene rings is 6. The summed E-state index contributed by atoms with van der Waals surface area (Å²) in [5.74, 6) is 1.54. The zero-order valence-electron chi connectivity index (χ0n) is 22.6. The van der Waals surface area contributed by atoms with E-state index in [0.29, 0.717) is 0 Å². The van der Waals surface area contributed by atoms with Gasteiger partial charge in [0.1, 0.15) is 24.7 Å². The molecule has 4 heteroatoms. The fraction of sp³-hybridized carbons (Fsp3) is 0.135. The summed E-state index contributed by atoms with van der Waals surface area (Å²) in [5, 5.41) is 23.0. The van der Waals surface area contributed by atoms with Crippen LogP contribution in [-0.2, 0) is 6.42 Å². The van der Waals surface area contributed by atoms with E-state index in [1.807, 2.05) is 24.3 Å². The van der Waals surface area contributed by atoms with Crippen LogP contribution < -0.4 is 9.47 Å². The number of rotatable bonds is 8. The molecule has 6 aromatic carbocycles. The van der Waals surface area contributed by atoms with E-state index in [1.54, 1.807) is 0 Å². The van der Waals surface area contributed by atoms with E-state index in [0.717, 1.165) is 56.2 Å². The van der Waals surface area contributed by atoms with Crippen molar-refractivity contribution in [3.05, 3.63) is 120 Å². The summed E-state index contributed by atoms with van der Waals surface area (Å²) in [6.07, 6.45) is 0.862. The molecule has 6 aromatic rings. The second-order valence-corrected chi connectivity index (χ2v) is 10.3. The Bertz CT molecular complexity index is 1910. The SMILES string of the molecule is OCCOc1cccc2c(-c3ccc4c(c3-c3cccc5c(OCCO)cccc35)Cc3ccccc3-4)cccc12. The van der Waals surface area contributed by atoms with Gasteiger partial charge >= 0.3 is 0 Å². The van der Waals surface area contributed by atoms with E-state index in [-0.39, 0.29) is 26.4 Å². The van der Waals surface area contributed by atoms with Gasteiger partial charge in [0.2, 0.25) is 0 Å². The third kappa shape index (κ3) is 4.33. The fourth-order valence-electron chi connectivity index (χ4n) is 6.32. The Kier molecular flexibility index (Phi) is 6.63. The zero-order valence-corrected chi connectivity index (χ0v) is 22.6. The van der Waals surface area contributed by atoms with Crippen LogP contribution in [0.5, 0.6) is 11.5 Å². The first kappa shape index (κ1) is 25.3. The van der Waals surface area contributed by atoms with Crippen molar-refractivity contribution in [1.29, 1.82) is 0 Å². The topological polar surface area (TPSA) is 58.9 Å². The van der Waals surface area contributed by atoms with Crippen molar-refractivity contribution < 1.29 is 19.7 Å². The van der Waals surface area contributed by atoms with Gasteiger partial charge in [-0.05, 0) is 73.8 Å². The van der Waals surface area contributed by atoms with E-state index < -0.39 is 0 Å². The molecule has 1 aliphatic carbocycles. The monoisotopic (exact) mass is 538 g/mol. The average molecular weight is 539 g/mol. The van der Waals surface area contributed by atoms with Gasteiger partial charge in [0.25, 0.3) is 0 Å². The van der Waals surface area contributed by atoms with Crippen molar-refractivity contribution in [3.8, 4) is 44.9 Å². The normalized spacial score (nSPS) is 12.0. The number of aliphatic hydroxyl groups is 2. The van der Waals surface area contributed by atoms with Crippen LogP contribution in [0.3, 0.4) is 0 Å². The van der Waals surface area contributed by atoms with Gasteiger partial charge in [0.15, 0.2) is 0 Å². The van der Waals surface area contributed by atoms with E-state index >= 15 is 0 Å². The first-order valence-corrected chi connectivity index (χ1v) is 14.0. The Morgan fingerprint density at radius 3 is 1.68 bits per heavy atom. The van der Waals surface area contributed by atoms with Crippen molar-refractivity contribution in [2.24, 2.45) is 0 Å². The van der Waals surface area contributed by atoms with Crippen LogP contribution in [0.25, 0.3) is 54.9 Å². The summed E-state index contributed by atoms with van der Waals surface area (Å²) in [7, 11) is 0. The predicted octanol–water partition coefficient (Wildman–Crippen LogP) is 7.64. The highest BCUT2D eigenvalue weighted by Gasteiger charge is 2.26. The van der Waals surface area contributed by atoms with Gasteiger partial charge in [-0.3, -0.25) is 0 Å². The van der Waals surface area contributed by atoms with Gasteiger partial charge in [-0.2, -0.15) is 0 Å². The molecule has 0 bridgehead atoms. The van der Waals surface area contributed by atoms with Crippen LogP contribution in [0, 0.1) is 0 Å². The molecule has 0 radical (unpaired) electrons. The van der Waals surface area contributed by atoms with E-state index in [9.17, 15) is 10.2 Å². The molecule has 2 N–H and O–H groups in total. The van der Waals surface area contributed by atoms with Crippen molar-refractivity contribution in [3.63, 3.8) is 0 Å². The molecule has 1 aliphatic rings. The van der Waals surface area contributed by atoms with Crippen LogP contribution in [0.4, 0.5) is 0 Å². The third-order valence-electron chi connectivity index (χ3n) is 8.01. The minimum atomic E-state index is -0.0320. The Balaban J connectivity index is 1.52. The van der Waals surface area contributed by atoms with Crippen LogP contribution in [0.15, 0.2) is 109 Å². The highest BCUT2D eigenvalue weighted by molar-refractivity contribution is 6.09. The molecule has 0 aromatic heterocycles. The minimum Gasteiger partial charge on any atom is -0.491 e. The van der Waals surface area contributed by atoms with Crippen molar-refractivity contribution >= 4 is 21.5 Å². The quantitative estimate of drug-likeness (QED) is 0.209. The molecule has 41 heavy (non-hydrogen) atoms. The molecule has 7 rings (SSSR count). The standard InChI is InChI=1S/C37H30O4/c38-19-21-40-35-15-5-10-26-27(9-3-12-30(26)35)33-18-17-29-25-8-2-1-7-24(25)23-34(29)37(33)32-14-4-13-31-28(32)11-6-16-36(31)41-22-20-39/h1-18,38-39H,19-23H2. The maximum atomic E-state index is 9.39. The second-order valence-electron chi connectivity index (χ2n) is 10.3. The second kappa shape index (κ2) is 10.7. The first-order valence-electron chi connectivity index (χ1n) is 14.0. The summed E-state index contributed by atoms with van der Waals surface area (Å²) >= 11 is 0. The molecule has 202 valence electrons. The van der Waals surface area contributed by atoms with E-state index in [1.165, 1.54) is 27.8 Å². The van der Waals surface area contributed by atoms with Crippen LogP contribution in [-0.4, -0.2) is 36.6 Å². The molecule has 0 amide bonds. The minimum absolute atomic E-state index is 0.0311. The lowest BCUT2D eigenvalue weighted by atomic mass is 9.84. The predicted molar refractivity (Wildman–Crippen MR) is 166 cm³/mol. The Hall–Kier alpha value is -4.64. The third-order valence-corrected chi connectivity index (χ3v) is 8.01. The van der Waals surface area contributed by atoms with Gasteiger partial charge in [0, 0.05) is 10.8 Å². The molecule has 0 spiro atoms. The molecule has 0 atom stereocenters. The Morgan fingerprint density at radius 2 is 1.00 bits per heavy atom. The lowest BCUT2D eigenvalue weighted by molar-refractivity contribution is 0.203. The van der Waals surface area contributed by atoms with E-state index in [2.05, 4.69) is 84.9 Å².